The van der Waals surface area contributed by atoms with Gasteiger partial charge in [-0.05, 0) is 18.8 Å². The van der Waals surface area contributed by atoms with Crippen LogP contribution >= 0.6 is 0 Å². The van der Waals surface area contributed by atoms with Crippen LogP contribution in [0.15, 0.2) is 0 Å². The van der Waals surface area contributed by atoms with Crippen molar-refractivity contribution in [3.63, 3.8) is 0 Å². The van der Waals surface area contributed by atoms with Gasteiger partial charge >= 0.3 is 0 Å². The van der Waals surface area contributed by atoms with Gasteiger partial charge in [-0.1, -0.05) is 0 Å². The number of nitrogens with one attached hydrogen (secondary N) is 2. The molecule has 0 bridgehead atoms. The lowest BCUT2D eigenvalue weighted by molar-refractivity contribution is 0.129. The first-order chi connectivity index (χ1) is 8.18. The van der Waals surface area contributed by atoms with Gasteiger partial charge in [-0.15, -0.1) is 0 Å². The number of rotatable bonds is 7. The first kappa shape index (κ1) is 13.2. The van der Waals surface area contributed by atoms with Crippen molar-refractivity contribution in [3.05, 3.63) is 0 Å². The van der Waals surface area contributed by atoms with Crippen LogP contribution in [0, 0.1) is 5.92 Å². The van der Waals surface area contributed by atoms with E-state index in [0.717, 1.165) is 25.6 Å². The fraction of sp³-hybridized carbons (Fsp3) is 1.00. The van der Waals surface area contributed by atoms with Crippen LogP contribution in [-0.4, -0.2) is 58.7 Å². The lowest BCUT2D eigenvalue weighted by Crippen LogP contribution is -2.50. The highest BCUT2D eigenvalue weighted by Gasteiger charge is 2.23. The minimum absolute atomic E-state index is 0.360. The summed E-state index contributed by atoms with van der Waals surface area (Å²) in [6, 6.07) is 0. The fourth-order valence-corrected chi connectivity index (χ4v) is 2.94. The number of hydrogen-bond acceptors (Lipinski definition) is 4. The Morgan fingerprint density at radius 1 is 1.29 bits per heavy atom. The first-order valence-electron chi connectivity index (χ1n) is 6.22. The van der Waals surface area contributed by atoms with Gasteiger partial charge in [-0.2, -0.15) is 17.4 Å². The molecule has 1 aliphatic carbocycles. The van der Waals surface area contributed by atoms with E-state index in [2.05, 4.69) is 10.0 Å². The third-order valence-corrected chi connectivity index (χ3v) is 4.61. The van der Waals surface area contributed by atoms with Crippen LogP contribution < -0.4 is 10.0 Å². The van der Waals surface area contributed by atoms with Crippen molar-refractivity contribution in [2.24, 2.45) is 5.92 Å². The average molecular weight is 263 g/mol. The van der Waals surface area contributed by atoms with E-state index in [-0.39, 0.29) is 0 Å². The molecule has 0 atom stereocenters. The molecule has 1 aliphatic heterocycles. The number of piperazine rings is 1. The number of hydrogen-bond donors (Lipinski definition) is 2. The van der Waals surface area contributed by atoms with Crippen LogP contribution in [0.5, 0.6) is 0 Å². The zero-order valence-electron chi connectivity index (χ0n) is 10.0. The SMILES string of the molecule is O=S(=O)(NCCOCC1CC1)N1CCNCC1. The van der Waals surface area contributed by atoms with Crippen LogP contribution in [0.4, 0.5) is 0 Å². The molecule has 1 saturated heterocycles. The van der Waals surface area contributed by atoms with Crippen LogP contribution in [0.2, 0.25) is 0 Å². The van der Waals surface area contributed by atoms with E-state index in [1.165, 1.54) is 17.1 Å². The van der Waals surface area contributed by atoms with Crippen LogP contribution in [-0.2, 0) is 14.9 Å². The highest BCUT2D eigenvalue weighted by Crippen LogP contribution is 2.28. The number of ether oxygens (including phenoxy) is 1. The van der Waals surface area contributed by atoms with Gasteiger partial charge in [0.1, 0.15) is 0 Å². The van der Waals surface area contributed by atoms with E-state index < -0.39 is 10.2 Å². The van der Waals surface area contributed by atoms with E-state index in [1.807, 2.05) is 0 Å². The standard InChI is InChI=1S/C10H21N3O3S/c14-17(15,13-6-3-11-4-7-13)12-5-8-16-9-10-1-2-10/h10-12H,1-9H2. The minimum atomic E-state index is -3.31. The van der Waals surface area contributed by atoms with Crippen molar-refractivity contribution in [2.45, 2.75) is 12.8 Å². The van der Waals surface area contributed by atoms with E-state index >= 15 is 0 Å². The molecule has 0 radical (unpaired) electrons. The molecule has 2 aliphatic rings. The molecule has 6 nitrogen and oxygen atoms in total. The van der Waals surface area contributed by atoms with E-state index in [0.29, 0.717) is 26.2 Å². The molecule has 0 amide bonds. The quantitative estimate of drug-likeness (QED) is 0.587. The maximum atomic E-state index is 11.8. The molecule has 0 spiro atoms. The lowest BCUT2D eigenvalue weighted by Gasteiger charge is -2.26. The van der Waals surface area contributed by atoms with Gasteiger partial charge in [-0.3, -0.25) is 0 Å². The normalized spacial score (nSPS) is 22.8. The van der Waals surface area contributed by atoms with E-state index in [4.69, 9.17) is 4.74 Å². The van der Waals surface area contributed by atoms with Crippen LogP contribution in [0.1, 0.15) is 12.8 Å². The molecule has 100 valence electrons. The van der Waals surface area contributed by atoms with Gasteiger partial charge in [0.25, 0.3) is 10.2 Å². The summed E-state index contributed by atoms with van der Waals surface area (Å²) >= 11 is 0. The summed E-state index contributed by atoms with van der Waals surface area (Å²) in [4.78, 5) is 0. The van der Waals surface area contributed by atoms with Gasteiger partial charge in [0.05, 0.1) is 6.61 Å². The Hall–Kier alpha value is -0.210. The summed E-state index contributed by atoms with van der Waals surface area (Å²) in [6.45, 7) is 4.12. The second-order valence-corrected chi connectivity index (χ2v) is 6.32. The molecule has 0 aromatic heterocycles. The van der Waals surface area contributed by atoms with Crippen molar-refractivity contribution < 1.29 is 13.2 Å². The summed E-state index contributed by atoms with van der Waals surface area (Å²) in [7, 11) is -3.31. The Morgan fingerprint density at radius 2 is 2.00 bits per heavy atom. The molecule has 2 rings (SSSR count). The van der Waals surface area contributed by atoms with Gasteiger partial charge in [0.15, 0.2) is 0 Å². The summed E-state index contributed by atoms with van der Waals surface area (Å²) < 4.78 is 33.1. The Bertz CT molecular complexity index is 324. The predicted molar refractivity (Wildman–Crippen MR) is 64.9 cm³/mol. The molecule has 0 unspecified atom stereocenters. The molecule has 0 aromatic carbocycles. The van der Waals surface area contributed by atoms with Crippen molar-refractivity contribution in [2.75, 3.05) is 45.9 Å². The van der Waals surface area contributed by atoms with Crippen molar-refractivity contribution in [1.29, 1.82) is 0 Å². The first-order valence-corrected chi connectivity index (χ1v) is 7.66. The molecule has 2 N–H and O–H groups in total. The Balaban J connectivity index is 1.61. The molecule has 1 saturated carbocycles. The van der Waals surface area contributed by atoms with E-state index in [9.17, 15) is 8.42 Å². The molecule has 17 heavy (non-hydrogen) atoms. The maximum absolute atomic E-state index is 11.8. The third-order valence-electron chi connectivity index (χ3n) is 3.00. The largest absolute Gasteiger partial charge is 0.380 e. The maximum Gasteiger partial charge on any atom is 0.279 e. The predicted octanol–water partition coefficient (Wildman–Crippen LogP) is -0.847. The van der Waals surface area contributed by atoms with E-state index in [1.54, 1.807) is 0 Å². The van der Waals surface area contributed by atoms with Gasteiger partial charge in [0.2, 0.25) is 0 Å². The minimum Gasteiger partial charge on any atom is -0.380 e. The van der Waals surface area contributed by atoms with Crippen LogP contribution in [0.25, 0.3) is 0 Å². The van der Waals surface area contributed by atoms with Gasteiger partial charge in [0, 0.05) is 39.3 Å². The zero-order valence-corrected chi connectivity index (χ0v) is 10.8. The summed E-state index contributed by atoms with van der Waals surface area (Å²) in [6.07, 6.45) is 2.51. The summed E-state index contributed by atoms with van der Waals surface area (Å²) in [5.74, 6) is 0.722. The topological polar surface area (TPSA) is 70.7 Å². The van der Waals surface area contributed by atoms with Crippen molar-refractivity contribution in [1.82, 2.24) is 14.3 Å². The summed E-state index contributed by atoms with van der Waals surface area (Å²) in [5.41, 5.74) is 0. The highest BCUT2D eigenvalue weighted by atomic mass is 32.2. The Labute approximate surface area is 103 Å². The zero-order chi connectivity index (χ0) is 12.1. The van der Waals surface area contributed by atoms with Crippen molar-refractivity contribution >= 4 is 10.2 Å². The third kappa shape index (κ3) is 4.51. The Morgan fingerprint density at radius 3 is 2.65 bits per heavy atom. The van der Waals surface area contributed by atoms with Gasteiger partial charge in [-0.25, -0.2) is 0 Å². The molecular formula is C10H21N3O3S. The molecular weight excluding hydrogens is 242 g/mol. The summed E-state index contributed by atoms with van der Waals surface area (Å²) in [5, 5.41) is 3.12. The Kier molecular flexibility index (Phi) is 4.75. The smallest absolute Gasteiger partial charge is 0.279 e. The van der Waals surface area contributed by atoms with Gasteiger partial charge < -0.3 is 10.1 Å². The second-order valence-electron chi connectivity index (χ2n) is 4.57. The lowest BCUT2D eigenvalue weighted by atomic mass is 10.4. The van der Waals surface area contributed by atoms with Crippen LogP contribution in [0.3, 0.4) is 0 Å². The van der Waals surface area contributed by atoms with Crippen molar-refractivity contribution in [3.8, 4) is 0 Å². The second kappa shape index (κ2) is 6.10. The molecule has 0 aromatic rings. The fourth-order valence-electron chi connectivity index (χ4n) is 1.75. The molecule has 2 fully saturated rings. The molecule has 7 heteroatoms. The molecule has 1 heterocycles. The monoisotopic (exact) mass is 263 g/mol. The number of nitrogens with zero attached hydrogens (tertiary/aromatic N) is 1. The average Bonchev–Trinajstić information content (AvgIpc) is 3.14. The highest BCUT2D eigenvalue weighted by molar-refractivity contribution is 7.87.